The van der Waals surface area contributed by atoms with Crippen LogP contribution in [-0.2, 0) is 9.59 Å². The van der Waals surface area contributed by atoms with Crippen molar-refractivity contribution in [3.63, 3.8) is 0 Å². The Bertz CT molecular complexity index is 204. The van der Waals surface area contributed by atoms with Crippen molar-refractivity contribution in [2.24, 2.45) is 5.92 Å². The van der Waals surface area contributed by atoms with E-state index in [1.165, 1.54) is 6.92 Å². The number of carboxylic acid groups (broad SMARTS) is 1. The largest absolute Gasteiger partial charge is 0.480 e. The van der Waals surface area contributed by atoms with E-state index >= 15 is 0 Å². The highest BCUT2D eigenvalue weighted by Crippen LogP contribution is 2.05. The summed E-state index contributed by atoms with van der Waals surface area (Å²) in [6.07, 6.45) is 0.270. The fourth-order valence-corrected chi connectivity index (χ4v) is 0.591. The van der Waals surface area contributed by atoms with Crippen LogP contribution in [0.15, 0.2) is 0 Å². The summed E-state index contributed by atoms with van der Waals surface area (Å²) < 4.78 is 0. The molecule has 0 amide bonds. The Morgan fingerprint density at radius 3 is 2.45 bits per heavy atom. The summed E-state index contributed by atoms with van der Waals surface area (Å²) in [5.41, 5.74) is 0. The van der Waals surface area contributed by atoms with Crippen molar-refractivity contribution in [2.45, 2.75) is 19.8 Å². The van der Waals surface area contributed by atoms with Crippen molar-refractivity contribution in [3.8, 4) is 6.07 Å². The molecule has 0 aliphatic heterocycles. The number of hydrogen-bond donors (Lipinski definition) is 1. The van der Waals surface area contributed by atoms with E-state index in [1.54, 1.807) is 6.07 Å². The Labute approximate surface area is 64.4 Å². The molecule has 1 unspecified atom stereocenters. The Morgan fingerprint density at radius 1 is 1.64 bits per heavy atom. The molecule has 4 nitrogen and oxygen atoms in total. The van der Waals surface area contributed by atoms with Crippen LogP contribution in [0.25, 0.3) is 0 Å². The van der Waals surface area contributed by atoms with Crippen LogP contribution in [0.3, 0.4) is 0 Å². The summed E-state index contributed by atoms with van der Waals surface area (Å²) in [6, 6.07) is 1.61. The molecule has 0 fully saturated rings. The number of hydrogen-bond acceptors (Lipinski definition) is 3. The minimum absolute atomic E-state index is 0.0912. The second-order valence-electron chi connectivity index (χ2n) is 2.26. The van der Waals surface area contributed by atoms with Crippen LogP contribution in [0, 0.1) is 17.2 Å². The van der Waals surface area contributed by atoms with Crippen molar-refractivity contribution < 1.29 is 14.7 Å². The van der Waals surface area contributed by atoms with Gasteiger partial charge in [-0.3, -0.25) is 4.79 Å². The van der Waals surface area contributed by atoms with Crippen LogP contribution in [0.4, 0.5) is 0 Å². The lowest BCUT2D eigenvalue weighted by Crippen LogP contribution is -2.12. The van der Waals surface area contributed by atoms with Crippen molar-refractivity contribution in [2.75, 3.05) is 0 Å². The maximum Gasteiger partial charge on any atom is 0.320 e. The van der Waals surface area contributed by atoms with Gasteiger partial charge in [0.05, 0.1) is 6.07 Å². The van der Waals surface area contributed by atoms with Gasteiger partial charge in [-0.25, -0.2) is 0 Å². The SMILES string of the molecule is CC(=O)CCC(C#N)C(=O)O. The molecule has 4 heteroatoms. The Kier molecular flexibility index (Phi) is 3.89. The second kappa shape index (κ2) is 4.45. The quantitative estimate of drug-likeness (QED) is 0.644. The van der Waals surface area contributed by atoms with Gasteiger partial charge in [0, 0.05) is 6.42 Å². The average Bonchev–Trinajstić information content (AvgIpc) is 1.87. The van der Waals surface area contributed by atoms with Gasteiger partial charge in [-0.1, -0.05) is 0 Å². The predicted molar refractivity (Wildman–Crippen MR) is 36.7 cm³/mol. The van der Waals surface area contributed by atoms with Crippen molar-refractivity contribution in [1.29, 1.82) is 5.26 Å². The van der Waals surface area contributed by atoms with Gasteiger partial charge in [-0.2, -0.15) is 5.26 Å². The lowest BCUT2D eigenvalue weighted by Gasteiger charge is -1.99. The molecule has 0 aliphatic rings. The number of nitrogens with zero attached hydrogens (tertiary/aromatic N) is 1. The number of nitriles is 1. The van der Waals surface area contributed by atoms with Gasteiger partial charge in [0.25, 0.3) is 0 Å². The standard InChI is InChI=1S/C7H9NO3/c1-5(9)2-3-6(4-8)7(10)11/h6H,2-3H2,1H3,(H,10,11). The molecule has 0 aromatic carbocycles. The lowest BCUT2D eigenvalue weighted by atomic mass is 10.0. The molecule has 1 atom stereocenters. The van der Waals surface area contributed by atoms with E-state index in [2.05, 4.69) is 0 Å². The average molecular weight is 155 g/mol. The molecule has 11 heavy (non-hydrogen) atoms. The molecule has 0 aromatic heterocycles. The van der Waals surface area contributed by atoms with Crippen molar-refractivity contribution >= 4 is 11.8 Å². The van der Waals surface area contributed by atoms with Crippen LogP contribution < -0.4 is 0 Å². The summed E-state index contributed by atoms with van der Waals surface area (Å²) in [7, 11) is 0. The maximum atomic E-state index is 10.4. The topological polar surface area (TPSA) is 78.2 Å². The van der Waals surface area contributed by atoms with Gasteiger partial charge < -0.3 is 9.90 Å². The minimum atomic E-state index is -1.16. The zero-order valence-corrected chi connectivity index (χ0v) is 6.20. The number of carboxylic acids is 1. The fourth-order valence-electron chi connectivity index (χ4n) is 0.591. The molecule has 0 aromatic rings. The Hall–Kier alpha value is -1.37. The smallest absolute Gasteiger partial charge is 0.320 e. The zero-order valence-electron chi connectivity index (χ0n) is 6.20. The first kappa shape index (κ1) is 9.63. The number of ketones is 1. The molecule has 0 rings (SSSR count). The lowest BCUT2D eigenvalue weighted by molar-refractivity contribution is -0.140. The normalized spacial score (nSPS) is 11.6. The molecule has 0 bridgehead atoms. The third kappa shape index (κ3) is 4.09. The summed E-state index contributed by atoms with van der Waals surface area (Å²) in [4.78, 5) is 20.6. The van der Waals surface area contributed by atoms with Crippen molar-refractivity contribution in [1.82, 2.24) is 0 Å². The highest BCUT2D eigenvalue weighted by molar-refractivity contribution is 5.77. The van der Waals surface area contributed by atoms with Crippen LogP contribution in [-0.4, -0.2) is 16.9 Å². The predicted octanol–water partition coefficient (Wildman–Crippen LogP) is 0.580. The Balaban J connectivity index is 3.82. The monoisotopic (exact) mass is 155 g/mol. The van der Waals surface area contributed by atoms with Gasteiger partial charge in [0.1, 0.15) is 11.7 Å². The maximum absolute atomic E-state index is 10.4. The van der Waals surface area contributed by atoms with E-state index in [-0.39, 0.29) is 18.6 Å². The first-order valence-electron chi connectivity index (χ1n) is 3.19. The molecule has 1 N–H and O–H groups in total. The van der Waals surface area contributed by atoms with Gasteiger partial charge in [0.15, 0.2) is 0 Å². The van der Waals surface area contributed by atoms with Gasteiger partial charge in [-0.05, 0) is 13.3 Å². The number of Topliss-reactive ketones (excluding diaryl/α,β-unsaturated/α-hetero) is 1. The van der Waals surface area contributed by atoms with Gasteiger partial charge in [0.2, 0.25) is 0 Å². The molecular weight excluding hydrogens is 146 g/mol. The number of rotatable bonds is 4. The molecule has 60 valence electrons. The summed E-state index contributed by atoms with van der Waals surface area (Å²) >= 11 is 0. The van der Waals surface area contributed by atoms with Gasteiger partial charge >= 0.3 is 5.97 Å². The number of carbonyl (C=O) groups is 2. The van der Waals surface area contributed by atoms with Crippen LogP contribution >= 0.6 is 0 Å². The molecule has 0 radical (unpaired) electrons. The third-order valence-electron chi connectivity index (χ3n) is 1.24. The van der Waals surface area contributed by atoms with E-state index in [1.807, 2.05) is 0 Å². The second-order valence-corrected chi connectivity index (χ2v) is 2.26. The summed E-state index contributed by atoms with van der Waals surface area (Å²) in [5.74, 6) is -2.29. The van der Waals surface area contributed by atoms with E-state index in [0.29, 0.717) is 0 Å². The molecule has 0 aliphatic carbocycles. The molecule has 0 spiro atoms. The highest BCUT2D eigenvalue weighted by atomic mass is 16.4. The van der Waals surface area contributed by atoms with E-state index in [9.17, 15) is 9.59 Å². The van der Waals surface area contributed by atoms with E-state index in [0.717, 1.165) is 0 Å². The van der Waals surface area contributed by atoms with Gasteiger partial charge in [-0.15, -0.1) is 0 Å². The van der Waals surface area contributed by atoms with Crippen molar-refractivity contribution in [3.05, 3.63) is 0 Å². The van der Waals surface area contributed by atoms with Crippen LogP contribution in [0.5, 0.6) is 0 Å². The fraction of sp³-hybridized carbons (Fsp3) is 0.571. The summed E-state index contributed by atoms with van der Waals surface area (Å²) in [5, 5.41) is 16.6. The Morgan fingerprint density at radius 2 is 2.18 bits per heavy atom. The highest BCUT2D eigenvalue weighted by Gasteiger charge is 2.16. The third-order valence-corrected chi connectivity index (χ3v) is 1.24. The molecule has 0 heterocycles. The first-order chi connectivity index (χ1) is 5.07. The number of carbonyl (C=O) groups excluding carboxylic acids is 1. The molecule has 0 saturated carbocycles. The summed E-state index contributed by atoms with van der Waals surface area (Å²) in [6.45, 7) is 1.37. The van der Waals surface area contributed by atoms with Crippen LogP contribution in [0.1, 0.15) is 19.8 Å². The first-order valence-corrected chi connectivity index (χ1v) is 3.19. The van der Waals surface area contributed by atoms with E-state index in [4.69, 9.17) is 10.4 Å². The van der Waals surface area contributed by atoms with Crippen LogP contribution in [0.2, 0.25) is 0 Å². The molecule has 0 saturated heterocycles. The minimum Gasteiger partial charge on any atom is -0.480 e. The molecular formula is C7H9NO3. The van der Waals surface area contributed by atoms with E-state index < -0.39 is 11.9 Å². The number of aliphatic carboxylic acids is 1. The zero-order chi connectivity index (χ0) is 8.85.